The van der Waals surface area contributed by atoms with Gasteiger partial charge in [0.1, 0.15) is 23.9 Å². The first kappa shape index (κ1) is 13.9. The van der Waals surface area contributed by atoms with Crippen molar-refractivity contribution in [1.82, 2.24) is 0 Å². The lowest BCUT2D eigenvalue weighted by atomic mass is 10.1. The number of nitrogens with one attached hydrogen (secondary N) is 1. The maximum atomic E-state index is 9.49. The van der Waals surface area contributed by atoms with Gasteiger partial charge in [-0.1, -0.05) is 11.6 Å². The molecule has 110 valence electrons. The van der Waals surface area contributed by atoms with Crippen LogP contribution in [0.2, 0.25) is 5.02 Å². The lowest BCUT2D eigenvalue weighted by Crippen LogP contribution is -2.12. The van der Waals surface area contributed by atoms with E-state index in [1.165, 1.54) is 0 Å². The molecule has 0 spiro atoms. The molecule has 1 unspecified atom stereocenters. The third-order valence-electron chi connectivity index (χ3n) is 3.59. The summed E-state index contributed by atoms with van der Waals surface area (Å²) in [5, 5.41) is 13.6. The van der Waals surface area contributed by atoms with Crippen LogP contribution < -0.4 is 14.8 Å². The van der Waals surface area contributed by atoms with Gasteiger partial charge in [-0.25, -0.2) is 0 Å². The van der Waals surface area contributed by atoms with Gasteiger partial charge in [0.15, 0.2) is 0 Å². The van der Waals surface area contributed by atoms with E-state index >= 15 is 0 Å². The van der Waals surface area contributed by atoms with Crippen LogP contribution in [0.5, 0.6) is 17.2 Å². The zero-order valence-electron chi connectivity index (χ0n) is 11.8. The van der Waals surface area contributed by atoms with Crippen LogP contribution in [0.25, 0.3) is 0 Å². The second-order valence-corrected chi connectivity index (χ2v) is 5.44. The zero-order valence-corrected chi connectivity index (χ0v) is 12.6. The first-order valence-electron chi connectivity index (χ1n) is 6.65. The molecule has 1 atom stereocenters. The average molecular weight is 306 g/mol. The largest absolute Gasteiger partial charge is 0.508 e. The highest BCUT2D eigenvalue weighted by atomic mass is 35.5. The van der Waals surface area contributed by atoms with Crippen LogP contribution in [0, 0.1) is 6.92 Å². The van der Waals surface area contributed by atoms with Crippen molar-refractivity contribution in [2.24, 2.45) is 0 Å². The predicted molar refractivity (Wildman–Crippen MR) is 82.7 cm³/mol. The highest BCUT2D eigenvalue weighted by Gasteiger charge is 2.25. The van der Waals surface area contributed by atoms with E-state index in [9.17, 15) is 5.11 Å². The molecule has 4 nitrogen and oxygen atoms in total. The Morgan fingerprint density at radius 3 is 2.90 bits per heavy atom. The molecule has 0 aliphatic carbocycles. The van der Waals surface area contributed by atoms with E-state index in [4.69, 9.17) is 21.1 Å². The van der Waals surface area contributed by atoms with Crippen molar-refractivity contribution < 1.29 is 14.6 Å². The average Bonchev–Trinajstić information content (AvgIpc) is 2.84. The maximum absolute atomic E-state index is 9.49. The SMILES string of the molecule is COc1cc(Cl)c(C)cc1NC1COc2cc(O)ccc21. The number of aromatic hydroxyl groups is 1. The van der Waals surface area contributed by atoms with E-state index in [0.717, 1.165) is 16.8 Å². The molecule has 1 aliphatic rings. The van der Waals surface area contributed by atoms with Crippen LogP contribution in [0.1, 0.15) is 17.2 Å². The number of phenolic OH excluding ortho intramolecular Hbond substituents is 1. The van der Waals surface area contributed by atoms with Crippen LogP contribution in [0.3, 0.4) is 0 Å². The third kappa shape index (κ3) is 2.59. The van der Waals surface area contributed by atoms with Gasteiger partial charge < -0.3 is 19.9 Å². The van der Waals surface area contributed by atoms with Crippen LogP contribution in [-0.2, 0) is 0 Å². The lowest BCUT2D eigenvalue weighted by molar-refractivity contribution is 0.337. The van der Waals surface area contributed by atoms with Gasteiger partial charge in [-0.15, -0.1) is 0 Å². The van der Waals surface area contributed by atoms with Gasteiger partial charge in [-0.05, 0) is 30.7 Å². The summed E-state index contributed by atoms with van der Waals surface area (Å²) in [6.45, 7) is 2.45. The molecule has 0 amide bonds. The van der Waals surface area contributed by atoms with Crippen molar-refractivity contribution in [3.8, 4) is 17.2 Å². The smallest absolute Gasteiger partial charge is 0.143 e. The molecule has 2 aromatic carbocycles. The number of hydrogen-bond acceptors (Lipinski definition) is 4. The van der Waals surface area contributed by atoms with Gasteiger partial charge >= 0.3 is 0 Å². The Morgan fingerprint density at radius 1 is 1.33 bits per heavy atom. The Hall–Kier alpha value is -2.07. The molecule has 0 radical (unpaired) electrons. The van der Waals surface area contributed by atoms with Gasteiger partial charge in [0.2, 0.25) is 0 Å². The number of benzene rings is 2. The first-order chi connectivity index (χ1) is 10.1. The van der Waals surface area contributed by atoms with Crippen LogP contribution in [0.15, 0.2) is 30.3 Å². The molecule has 0 saturated heterocycles. The Labute approximate surface area is 128 Å². The highest BCUT2D eigenvalue weighted by molar-refractivity contribution is 6.31. The van der Waals surface area contributed by atoms with E-state index in [1.807, 2.05) is 19.1 Å². The number of fused-ring (bicyclic) bond motifs is 1. The summed E-state index contributed by atoms with van der Waals surface area (Å²) in [5.74, 6) is 1.60. The van der Waals surface area contributed by atoms with E-state index in [0.29, 0.717) is 23.1 Å². The topological polar surface area (TPSA) is 50.7 Å². The van der Waals surface area contributed by atoms with Crippen molar-refractivity contribution >= 4 is 17.3 Å². The standard InChI is InChI=1S/C16H16ClNO3/c1-9-5-13(16(20-2)7-12(9)17)18-14-8-21-15-6-10(19)3-4-11(14)15/h3-7,14,18-19H,8H2,1-2H3. The molecule has 1 heterocycles. The van der Waals surface area contributed by atoms with Crippen molar-refractivity contribution in [1.29, 1.82) is 0 Å². The minimum Gasteiger partial charge on any atom is -0.508 e. The van der Waals surface area contributed by atoms with Gasteiger partial charge in [-0.3, -0.25) is 0 Å². The quantitative estimate of drug-likeness (QED) is 0.903. The molecule has 2 N–H and O–H groups in total. The summed E-state index contributed by atoms with van der Waals surface area (Å²) in [7, 11) is 1.61. The van der Waals surface area contributed by atoms with E-state index in [2.05, 4.69) is 5.32 Å². The molecule has 1 aliphatic heterocycles. The minimum atomic E-state index is 0.00933. The van der Waals surface area contributed by atoms with Crippen molar-refractivity contribution in [3.05, 3.63) is 46.5 Å². The number of methoxy groups -OCH3 is 1. The van der Waals surface area contributed by atoms with Crippen molar-refractivity contribution in [2.45, 2.75) is 13.0 Å². The molecule has 5 heteroatoms. The van der Waals surface area contributed by atoms with Gasteiger partial charge in [0.05, 0.1) is 18.8 Å². The summed E-state index contributed by atoms with van der Waals surface area (Å²) in [4.78, 5) is 0. The monoisotopic (exact) mass is 305 g/mol. The molecule has 0 aromatic heterocycles. The number of phenols is 1. The minimum absolute atomic E-state index is 0.00933. The Bertz CT molecular complexity index is 687. The molecule has 0 bridgehead atoms. The van der Waals surface area contributed by atoms with E-state index in [1.54, 1.807) is 25.3 Å². The zero-order chi connectivity index (χ0) is 15.0. The number of rotatable bonds is 3. The summed E-state index contributed by atoms with van der Waals surface area (Å²) in [6, 6.07) is 8.92. The predicted octanol–water partition coefficient (Wildman–Crippen LogP) is 3.91. The molecule has 2 aromatic rings. The molecule has 0 fully saturated rings. The number of ether oxygens (including phenoxy) is 2. The second kappa shape index (κ2) is 5.37. The number of aryl methyl sites for hydroxylation is 1. The fraction of sp³-hybridized carbons (Fsp3) is 0.250. The molecule has 3 rings (SSSR count). The normalized spacial score (nSPS) is 16.2. The van der Waals surface area contributed by atoms with E-state index < -0.39 is 0 Å². The fourth-order valence-corrected chi connectivity index (χ4v) is 2.60. The van der Waals surface area contributed by atoms with E-state index in [-0.39, 0.29) is 11.8 Å². The summed E-state index contributed by atoms with van der Waals surface area (Å²) in [5.41, 5.74) is 2.86. The number of halogens is 1. The van der Waals surface area contributed by atoms with Crippen molar-refractivity contribution in [3.63, 3.8) is 0 Å². The Balaban J connectivity index is 1.91. The molecular weight excluding hydrogens is 290 g/mol. The molecule has 21 heavy (non-hydrogen) atoms. The Kier molecular flexibility index (Phi) is 3.55. The summed E-state index contributed by atoms with van der Waals surface area (Å²) >= 11 is 6.12. The third-order valence-corrected chi connectivity index (χ3v) is 4.00. The molecule has 0 saturated carbocycles. The van der Waals surface area contributed by atoms with Gasteiger partial charge in [-0.2, -0.15) is 0 Å². The summed E-state index contributed by atoms with van der Waals surface area (Å²) in [6.07, 6.45) is 0. The van der Waals surface area contributed by atoms with Gasteiger partial charge in [0.25, 0.3) is 0 Å². The van der Waals surface area contributed by atoms with Gasteiger partial charge in [0, 0.05) is 22.7 Å². The summed E-state index contributed by atoms with van der Waals surface area (Å²) < 4.78 is 11.0. The first-order valence-corrected chi connectivity index (χ1v) is 7.02. The van der Waals surface area contributed by atoms with Crippen LogP contribution in [0.4, 0.5) is 5.69 Å². The fourth-order valence-electron chi connectivity index (χ4n) is 2.45. The molecular formula is C16H16ClNO3. The Morgan fingerprint density at radius 2 is 2.14 bits per heavy atom. The lowest BCUT2D eigenvalue weighted by Gasteiger charge is -2.17. The highest BCUT2D eigenvalue weighted by Crippen LogP contribution is 2.39. The number of hydrogen-bond donors (Lipinski definition) is 2. The van der Waals surface area contributed by atoms with Crippen molar-refractivity contribution in [2.75, 3.05) is 19.0 Å². The number of anilines is 1. The second-order valence-electron chi connectivity index (χ2n) is 5.03. The maximum Gasteiger partial charge on any atom is 0.143 e. The van der Waals surface area contributed by atoms with Crippen LogP contribution in [-0.4, -0.2) is 18.8 Å². The van der Waals surface area contributed by atoms with Crippen LogP contribution >= 0.6 is 11.6 Å².